The van der Waals surface area contributed by atoms with E-state index in [0.29, 0.717) is 24.9 Å². The van der Waals surface area contributed by atoms with Gasteiger partial charge >= 0.3 is 0 Å². The summed E-state index contributed by atoms with van der Waals surface area (Å²) >= 11 is 0. The van der Waals surface area contributed by atoms with E-state index in [1.54, 1.807) is 6.07 Å². The minimum atomic E-state index is 0.256. The summed E-state index contributed by atoms with van der Waals surface area (Å²) in [5.41, 5.74) is 0.889. The van der Waals surface area contributed by atoms with Crippen molar-refractivity contribution in [2.45, 2.75) is 46.2 Å². The molecule has 1 rings (SSSR count). The molecule has 0 aliphatic carbocycles. The number of nitrogens with zero attached hydrogens (tertiary/aromatic N) is 1. The Balaban J connectivity index is 2.25. The summed E-state index contributed by atoms with van der Waals surface area (Å²) in [5.74, 6) is 0.821. The van der Waals surface area contributed by atoms with E-state index in [-0.39, 0.29) is 5.75 Å². The molecule has 0 atom stereocenters. The zero-order chi connectivity index (χ0) is 15.7. The van der Waals surface area contributed by atoms with Crippen LogP contribution in [0.2, 0.25) is 0 Å². The summed E-state index contributed by atoms with van der Waals surface area (Å²) < 4.78 is 5.39. The third-order valence-corrected chi connectivity index (χ3v) is 3.69. The van der Waals surface area contributed by atoms with E-state index in [2.05, 4.69) is 31.1 Å². The van der Waals surface area contributed by atoms with Crippen LogP contribution in [0.1, 0.15) is 39.2 Å². The number of phenolic OH excluding ortho intramolecular Hbond substituents is 1. The first-order valence-electron chi connectivity index (χ1n) is 7.90. The van der Waals surface area contributed by atoms with Crippen LogP contribution in [0.5, 0.6) is 11.5 Å². The fraction of sp³-hybridized carbons (Fsp3) is 0.647. The molecule has 0 unspecified atom stereocenters. The lowest BCUT2D eigenvalue weighted by molar-refractivity contribution is 0.268. The summed E-state index contributed by atoms with van der Waals surface area (Å²) in [6.07, 6.45) is 2.33. The Labute approximate surface area is 129 Å². The second-order valence-corrected chi connectivity index (χ2v) is 5.66. The van der Waals surface area contributed by atoms with E-state index >= 15 is 0 Å². The molecule has 0 spiro atoms. The highest BCUT2D eigenvalue weighted by Gasteiger charge is 2.07. The first kappa shape index (κ1) is 17.8. The van der Waals surface area contributed by atoms with E-state index in [0.717, 1.165) is 25.1 Å². The minimum absolute atomic E-state index is 0.256. The van der Waals surface area contributed by atoms with E-state index in [4.69, 9.17) is 4.74 Å². The predicted octanol–water partition coefficient (Wildman–Crippen LogP) is 3.00. The monoisotopic (exact) mass is 294 g/mol. The van der Waals surface area contributed by atoms with Crippen molar-refractivity contribution in [2.75, 3.05) is 26.7 Å². The van der Waals surface area contributed by atoms with Crippen LogP contribution in [0.15, 0.2) is 18.2 Å². The van der Waals surface area contributed by atoms with Crippen LogP contribution in [0.25, 0.3) is 0 Å². The molecule has 1 aromatic carbocycles. The number of para-hydroxylation sites is 1. The molecule has 0 amide bonds. The predicted molar refractivity (Wildman–Crippen MR) is 88.0 cm³/mol. The molecular formula is C17H30N2O2. The van der Waals surface area contributed by atoms with E-state index in [1.165, 1.54) is 6.42 Å². The maximum absolute atomic E-state index is 10.1. The summed E-state index contributed by atoms with van der Waals surface area (Å²) in [6.45, 7) is 9.67. The summed E-state index contributed by atoms with van der Waals surface area (Å²) in [4.78, 5) is 2.36. The molecule has 1 aromatic rings. The Bertz CT molecular complexity index is 408. The lowest BCUT2D eigenvalue weighted by atomic mass is 10.2. The number of ether oxygens (including phenoxy) is 1. The van der Waals surface area contributed by atoms with E-state index in [9.17, 15) is 5.11 Å². The summed E-state index contributed by atoms with van der Waals surface area (Å²) in [5, 5.41) is 13.5. The highest BCUT2D eigenvalue weighted by Crippen LogP contribution is 2.29. The van der Waals surface area contributed by atoms with Crippen LogP contribution in [-0.4, -0.2) is 42.8 Å². The van der Waals surface area contributed by atoms with Gasteiger partial charge in [0, 0.05) is 18.2 Å². The molecule has 0 radical (unpaired) electrons. The van der Waals surface area contributed by atoms with Crippen molar-refractivity contribution >= 4 is 0 Å². The van der Waals surface area contributed by atoms with Gasteiger partial charge in [0.05, 0.1) is 6.61 Å². The third kappa shape index (κ3) is 6.36. The number of unbranched alkanes of at least 4 members (excludes halogenated alkanes) is 1. The van der Waals surface area contributed by atoms with Crippen molar-refractivity contribution in [3.05, 3.63) is 23.8 Å². The number of rotatable bonds is 10. The van der Waals surface area contributed by atoms with Gasteiger partial charge in [-0.1, -0.05) is 12.1 Å². The average Bonchev–Trinajstić information content (AvgIpc) is 2.46. The highest BCUT2D eigenvalue weighted by atomic mass is 16.5. The van der Waals surface area contributed by atoms with Gasteiger partial charge in [0.25, 0.3) is 0 Å². The number of benzene rings is 1. The number of nitrogens with one attached hydrogen (secondary N) is 1. The Kier molecular flexibility index (Phi) is 8.16. The SMILES string of the molecule is CCOc1cccc(CNCCCCN(C)C(C)C)c1O. The van der Waals surface area contributed by atoms with E-state index < -0.39 is 0 Å². The Hall–Kier alpha value is -1.26. The quantitative estimate of drug-likeness (QED) is 0.651. The van der Waals surface area contributed by atoms with Crippen molar-refractivity contribution in [3.63, 3.8) is 0 Å². The van der Waals surface area contributed by atoms with Crippen molar-refractivity contribution in [3.8, 4) is 11.5 Å². The van der Waals surface area contributed by atoms with Crippen molar-refractivity contribution in [2.24, 2.45) is 0 Å². The van der Waals surface area contributed by atoms with Crippen molar-refractivity contribution in [1.82, 2.24) is 10.2 Å². The van der Waals surface area contributed by atoms with Gasteiger partial charge in [0.1, 0.15) is 0 Å². The Morgan fingerprint density at radius 3 is 2.71 bits per heavy atom. The Morgan fingerprint density at radius 2 is 2.05 bits per heavy atom. The Morgan fingerprint density at radius 1 is 1.29 bits per heavy atom. The van der Waals surface area contributed by atoms with Crippen molar-refractivity contribution in [1.29, 1.82) is 0 Å². The van der Waals surface area contributed by atoms with Crippen LogP contribution < -0.4 is 10.1 Å². The van der Waals surface area contributed by atoms with Crippen LogP contribution >= 0.6 is 0 Å². The molecule has 0 heterocycles. The van der Waals surface area contributed by atoms with Gasteiger partial charge in [-0.05, 0) is 59.8 Å². The normalized spacial score (nSPS) is 11.3. The highest BCUT2D eigenvalue weighted by molar-refractivity contribution is 5.45. The molecule has 0 aromatic heterocycles. The maximum Gasteiger partial charge on any atom is 0.162 e. The first-order chi connectivity index (χ1) is 10.1. The molecule has 0 fully saturated rings. The van der Waals surface area contributed by atoms with E-state index in [1.807, 2.05) is 19.1 Å². The van der Waals surface area contributed by atoms with Crippen molar-refractivity contribution < 1.29 is 9.84 Å². The molecular weight excluding hydrogens is 264 g/mol. The molecule has 4 nitrogen and oxygen atoms in total. The zero-order valence-corrected chi connectivity index (χ0v) is 13.9. The van der Waals surface area contributed by atoms with Crippen LogP contribution in [0, 0.1) is 0 Å². The first-order valence-corrected chi connectivity index (χ1v) is 7.90. The van der Waals surface area contributed by atoms with Gasteiger partial charge in [-0.15, -0.1) is 0 Å². The summed E-state index contributed by atoms with van der Waals surface area (Å²) in [6, 6.07) is 6.25. The van der Waals surface area contributed by atoms with Gasteiger partial charge in [-0.25, -0.2) is 0 Å². The molecule has 0 saturated carbocycles. The number of phenols is 1. The van der Waals surface area contributed by atoms with Crippen LogP contribution in [0.4, 0.5) is 0 Å². The fourth-order valence-corrected chi connectivity index (χ4v) is 2.07. The molecule has 2 N–H and O–H groups in total. The van der Waals surface area contributed by atoms with Crippen LogP contribution in [0.3, 0.4) is 0 Å². The molecule has 120 valence electrons. The van der Waals surface area contributed by atoms with Gasteiger partial charge in [0.2, 0.25) is 0 Å². The van der Waals surface area contributed by atoms with Gasteiger partial charge in [0.15, 0.2) is 11.5 Å². The van der Waals surface area contributed by atoms with Gasteiger partial charge in [-0.2, -0.15) is 0 Å². The lowest BCUT2D eigenvalue weighted by Crippen LogP contribution is -2.27. The smallest absolute Gasteiger partial charge is 0.162 e. The molecule has 0 saturated heterocycles. The second kappa shape index (κ2) is 9.64. The minimum Gasteiger partial charge on any atom is -0.504 e. The fourth-order valence-electron chi connectivity index (χ4n) is 2.07. The number of hydrogen-bond acceptors (Lipinski definition) is 4. The standard InChI is InChI=1S/C17H30N2O2/c1-5-21-16-10-8-9-15(17(16)20)13-18-11-6-7-12-19(4)14(2)3/h8-10,14,18,20H,5-7,11-13H2,1-4H3. The summed E-state index contributed by atoms with van der Waals surface area (Å²) in [7, 11) is 2.16. The van der Waals surface area contributed by atoms with Gasteiger partial charge in [-0.3, -0.25) is 0 Å². The number of hydrogen-bond donors (Lipinski definition) is 2. The van der Waals surface area contributed by atoms with Crippen LogP contribution in [-0.2, 0) is 6.54 Å². The number of aromatic hydroxyl groups is 1. The largest absolute Gasteiger partial charge is 0.504 e. The second-order valence-electron chi connectivity index (χ2n) is 5.66. The molecule has 4 heteroatoms. The molecule has 0 aliphatic rings. The third-order valence-electron chi connectivity index (χ3n) is 3.69. The van der Waals surface area contributed by atoms with Gasteiger partial charge < -0.3 is 20.1 Å². The molecule has 0 aliphatic heterocycles. The zero-order valence-electron chi connectivity index (χ0n) is 13.9. The maximum atomic E-state index is 10.1. The topological polar surface area (TPSA) is 44.7 Å². The lowest BCUT2D eigenvalue weighted by Gasteiger charge is -2.20. The average molecular weight is 294 g/mol. The molecule has 0 bridgehead atoms. The molecule has 21 heavy (non-hydrogen) atoms.